The van der Waals surface area contributed by atoms with Crippen LogP contribution in [0.25, 0.3) is 6.08 Å². The number of methoxy groups -OCH3 is 1. The van der Waals surface area contributed by atoms with Crippen molar-refractivity contribution in [3.63, 3.8) is 0 Å². The van der Waals surface area contributed by atoms with E-state index in [0.29, 0.717) is 33.1 Å². The summed E-state index contributed by atoms with van der Waals surface area (Å²) < 4.78 is 10.8. The van der Waals surface area contributed by atoms with Gasteiger partial charge < -0.3 is 9.47 Å². The molecule has 0 atom stereocenters. The molecule has 0 amide bonds. The molecule has 0 radical (unpaired) electrons. The maximum atomic E-state index is 12.7. The summed E-state index contributed by atoms with van der Waals surface area (Å²) in [7, 11) is 1.57. The number of Topliss-reactive ketones (excluding diaryl/α,β-unsaturated/α-hetero) is 1. The summed E-state index contributed by atoms with van der Waals surface area (Å²) in [4.78, 5) is 26.8. The van der Waals surface area contributed by atoms with E-state index in [1.807, 2.05) is 43.3 Å². The van der Waals surface area contributed by atoms with Gasteiger partial charge in [0.1, 0.15) is 11.5 Å². The third-order valence-corrected chi connectivity index (χ3v) is 5.65. The van der Waals surface area contributed by atoms with Gasteiger partial charge in [-0.25, -0.2) is 4.79 Å². The van der Waals surface area contributed by atoms with Crippen molar-refractivity contribution in [1.29, 1.82) is 0 Å². The van der Waals surface area contributed by atoms with Crippen LogP contribution in [-0.4, -0.2) is 18.9 Å². The number of fused-ring (bicyclic) bond motifs is 1. The molecule has 1 aliphatic rings. The average molecular weight is 402 g/mol. The van der Waals surface area contributed by atoms with E-state index in [0.717, 1.165) is 10.5 Å². The van der Waals surface area contributed by atoms with Crippen LogP contribution in [0.5, 0.6) is 11.5 Å². The third kappa shape index (κ3) is 3.96. The Balaban J connectivity index is 1.63. The fourth-order valence-corrected chi connectivity index (χ4v) is 4.08. The first-order valence-electron chi connectivity index (χ1n) is 9.05. The minimum Gasteiger partial charge on any atom is -0.497 e. The van der Waals surface area contributed by atoms with Gasteiger partial charge >= 0.3 is 5.97 Å². The fraction of sp³-hybridized carbons (Fsp3) is 0.0833. The van der Waals surface area contributed by atoms with Crippen LogP contribution in [0.15, 0.2) is 76.5 Å². The lowest BCUT2D eigenvalue weighted by Gasteiger charge is -2.10. The first kappa shape index (κ1) is 19.0. The number of ketones is 1. The zero-order valence-corrected chi connectivity index (χ0v) is 16.8. The fourth-order valence-electron chi connectivity index (χ4n) is 3.04. The van der Waals surface area contributed by atoms with Crippen LogP contribution in [0.3, 0.4) is 0 Å². The second kappa shape index (κ2) is 7.97. The van der Waals surface area contributed by atoms with Crippen LogP contribution in [0.2, 0.25) is 0 Å². The molecule has 3 aromatic carbocycles. The zero-order chi connectivity index (χ0) is 20.4. The van der Waals surface area contributed by atoms with Gasteiger partial charge in [0.15, 0.2) is 0 Å². The molecule has 1 heterocycles. The monoisotopic (exact) mass is 402 g/mol. The van der Waals surface area contributed by atoms with Crippen molar-refractivity contribution in [2.75, 3.05) is 7.11 Å². The summed E-state index contributed by atoms with van der Waals surface area (Å²) in [6.45, 7) is 1.95. The predicted octanol–water partition coefficient (Wildman–Crippen LogP) is 5.55. The standard InChI is InChI=1S/C24H18O4S/c1-15-7-12-20(28-24(26)16-8-10-18(27-2)11-9-16)17(13-15)14-22-23(25)19-5-3-4-6-21(19)29-22/h3-14H,1-2H3. The molecule has 0 fully saturated rings. The Morgan fingerprint density at radius 2 is 1.76 bits per heavy atom. The Morgan fingerprint density at radius 3 is 2.48 bits per heavy atom. The van der Waals surface area contributed by atoms with Crippen molar-refractivity contribution >= 4 is 29.6 Å². The van der Waals surface area contributed by atoms with Gasteiger partial charge in [-0.05, 0) is 61.5 Å². The molecule has 1 aliphatic heterocycles. The molecule has 0 bridgehead atoms. The number of aryl methyl sites for hydroxylation is 1. The van der Waals surface area contributed by atoms with E-state index in [1.54, 1.807) is 43.5 Å². The number of benzene rings is 3. The Morgan fingerprint density at radius 1 is 1.00 bits per heavy atom. The highest BCUT2D eigenvalue weighted by molar-refractivity contribution is 8.04. The number of esters is 1. The van der Waals surface area contributed by atoms with Crippen molar-refractivity contribution in [3.05, 3.63) is 93.9 Å². The van der Waals surface area contributed by atoms with Crippen LogP contribution in [0, 0.1) is 6.92 Å². The molecule has 29 heavy (non-hydrogen) atoms. The lowest BCUT2D eigenvalue weighted by molar-refractivity contribution is 0.0734. The minimum atomic E-state index is -0.468. The van der Waals surface area contributed by atoms with Crippen LogP contribution in [0.4, 0.5) is 0 Å². The number of hydrogen-bond acceptors (Lipinski definition) is 5. The topological polar surface area (TPSA) is 52.6 Å². The first-order chi connectivity index (χ1) is 14.0. The summed E-state index contributed by atoms with van der Waals surface area (Å²) in [6.07, 6.45) is 1.79. The number of hydrogen-bond donors (Lipinski definition) is 0. The van der Waals surface area contributed by atoms with Crippen molar-refractivity contribution in [2.24, 2.45) is 0 Å². The highest BCUT2D eigenvalue weighted by Gasteiger charge is 2.25. The highest BCUT2D eigenvalue weighted by atomic mass is 32.2. The van der Waals surface area contributed by atoms with Crippen LogP contribution in [-0.2, 0) is 0 Å². The predicted molar refractivity (Wildman–Crippen MR) is 114 cm³/mol. The van der Waals surface area contributed by atoms with Gasteiger partial charge in [-0.2, -0.15) is 0 Å². The molecule has 0 unspecified atom stereocenters. The number of thioether (sulfide) groups is 1. The Labute approximate surface area is 173 Å². The molecule has 5 heteroatoms. The lowest BCUT2D eigenvalue weighted by Crippen LogP contribution is -2.09. The molecule has 0 N–H and O–H groups in total. The summed E-state index contributed by atoms with van der Waals surface area (Å²) in [5, 5.41) is 0. The molecule has 0 saturated heterocycles. The number of ether oxygens (including phenoxy) is 2. The van der Waals surface area contributed by atoms with Crippen molar-refractivity contribution in [2.45, 2.75) is 11.8 Å². The summed E-state index contributed by atoms with van der Waals surface area (Å²) in [5.74, 6) is 0.594. The first-order valence-corrected chi connectivity index (χ1v) is 9.87. The number of allylic oxidation sites excluding steroid dienone is 1. The second-order valence-electron chi connectivity index (χ2n) is 6.60. The van der Waals surface area contributed by atoms with E-state index < -0.39 is 5.97 Å². The number of carbonyl (C=O) groups is 2. The molecule has 3 aromatic rings. The molecule has 4 nitrogen and oxygen atoms in total. The van der Waals surface area contributed by atoms with Crippen molar-refractivity contribution < 1.29 is 19.1 Å². The van der Waals surface area contributed by atoms with Gasteiger partial charge in [0.25, 0.3) is 0 Å². The van der Waals surface area contributed by atoms with Crippen LogP contribution in [0.1, 0.15) is 31.8 Å². The molecule has 0 aliphatic carbocycles. The Bertz CT molecular complexity index is 1130. The summed E-state index contributed by atoms with van der Waals surface area (Å²) >= 11 is 1.43. The maximum Gasteiger partial charge on any atom is 0.343 e. The third-order valence-electron chi connectivity index (χ3n) is 4.56. The molecular formula is C24H18O4S. The SMILES string of the molecule is COc1ccc(C(=O)Oc2ccc(C)cc2C=C2Sc3ccccc3C2=O)cc1. The van der Waals surface area contributed by atoms with E-state index in [4.69, 9.17) is 9.47 Å². The van der Waals surface area contributed by atoms with E-state index in [1.165, 1.54) is 11.8 Å². The van der Waals surface area contributed by atoms with Gasteiger partial charge in [0.05, 0.1) is 17.6 Å². The number of carbonyl (C=O) groups excluding carboxylic acids is 2. The van der Waals surface area contributed by atoms with Crippen LogP contribution < -0.4 is 9.47 Å². The van der Waals surface area contributed by atoms with Gasteiger partial charge in [-0.15, -0.1) is 0 Å². The highest BCUT2D eigenvalue weighted by Crippen LogP contribution is 2.41. The summed E-state index contributed by atoms with van der Waals surface area (Å²) in [6, 6.07) is 19.8. The Hall–Kier alpha value is -3.31. The molecule has 0 saturated carbocycles. The quantitative estimate of drug-likeness (QED) is 0.325. The van der Waals surface area contributed by atoms with Gasteiger partial charge in [0, 0.05) is 16.0 Å². The maximum absolute atomic E-state index is 12.7. The molecular weight excluding hydrogens is 384 g/mol. The largest absolute Gasteiger partial charge is 0.497 e. The normalized spacial score (nSPS) is 14.0. The van der Waals surface area contributed by atoms with Crippen molar-refractivity contribution in [3.8, 4) is 11.5 Å². The molecule has 144 valence electrons. The number of rotatable bonds is 4. The van der Waals surface area contributed by atoms with Gasteiger partial charge in [-0.3, -0.25) is 4.79 Å². The average Bonchev–Trinajstić information content (AvgIpc) is 3.05. The van der Waals surface area contributed by atoms with Gasteiger partial charge in [-0.1, -0.05) is 35.5 Å². The lowest BCUT2D eigenvalue weighted by atomic mass is 10.1. The molecule has 0 aromatic heterocycles. The molecule has 4 rings (SSSR count). The van der Waals surface area contributed by atoms with Gasteiger partial charge in [0.2, 0.25) is 5.78 Å². The summed E-state index contributed by atoms with van der Waals surface area (Å²) in [5.41, 5.74) is 2.82. The van der Waals surface area contributed by atoms with E-state index in [-0.39, 0.29) is 5.78 Å². The Kier molecular flexibility index (Phi) is 5.23. The zero-order valence-electron chi connectivity index (χ0n) is 16.0. The van der Waals surface area contributed by atoms with E-state index in [9.17, 15) is 9.59 Å². The van der Waals surface area contributed by atoms with E-state index >= 15 is 0 Å². The van der Waals surface area contributed by atoms with E-state index in [2.05, 4.69) is 0 Å². The minimum absolute atomic E-state index is 0.0143. The second-order valence-corrected chi connectivity index (χ2v) is 7.68. The smallest absolute Gasteiger partial charge is 0.343 e. The molecule has 0 spiro atoms. The van der Waals surface area contributed by atoms with Crippen LogP contribution >= 0.6 is 11.8 Å². The van der Waals surface area contributed by atoms with Crippen molar-refractivity contribution in [1.82, 2.24) is 0 Å².